The van der Waals surface area contributed by atoms with Gasteiger partial charge in [0.1, 0.15) is 0 Å². The highest BCUT2D eigenvalue weighted by molar-refractivity contribution is 6.35. The molecule has 2 aromatic carbocycles. The van der Waals surface area contributed by atoms with E-state index in [0.717, 1.165) is 5.39 Å². The monoisotopic (exact) mass is 358 g/mol. The first kappa shape index (κ1) is 17.0. The lowest BCUT2D eigenvalue weighted by Crippen LogP contribution is -2.26. The zero-order valence-corrected chi connectivity index (χ0v) is 14.4. The van der Waals surface area contributed by atoms with Crippen LogP contribution in [0.1, 0.15) is 21.7 Å². The Kier molecular flexibility index (Phi) is 4.46. The van der Waals surface area contributed by atoms with Crippen LogP contribution < -0.4 is 0 Å². The predicted molar refractivity (Wildman–Crippen MR) is 94.9 cm³/mol. The summed E-state index contributed by atoms with van der Waals surface area (Å²) < 4.78 is 5.67. The van der Waals surface area contributed by atoms with Gasteiger partial charge in [-0.3, -0.25) is 14.9 Å². The van der Waals surface area contributed by atoms with E-state index in [1.54, 1.807) is 44.3 Å². The van der Waals surface area contributed by atoms with E-state index in [1.807, 2.05) is 6.07 Å². The van der Waals surface area contributed by atoms with Crippen LogP contribution in [0.2, 0.25) is 5.02 Å². The lowest BCUT2D eigenvalue weighted by Gasteiger charge is -2.16. The van der Waals surface area contributed by atoms with E-state index in [-0.39, 0.29) is 23.9 Å². The second-order valence-corrected chi connectivity index (χ2v) is 6.13. The van der Waals surface area contributed by atoms with Gasteiger partial charge in [-0.15, -0.1) is 0 Å². The first-order valence-electron chi connectivity index (χ1n) is 7.55. The number of carbonyl (C=O) groups is 1. The molecule has 0 aliphatic heterocycles. The zero-order valence-electron chi connectivity index (χ0n) is 13.7. The summed E-state index contributed by atoms with van der Waals surface area (Å²) in [5.74, 6) is -0.174. The Morgan fingerprint density at radius 1 is 1.24 bits per heavy atom. The number of benzene rings is 2. The largest absolute Gasteiger partial charge is 0.449 e. The molecule has 128 valence electrons. The molecule has 7 heteroatoms. The third-order valence-corrected chi connectivity index (χ3v) is 4.35. The fourth-order valence-corrected chi connectivity index (χ4v) is 2.95. The average molecular weight is 359 g/mol. The molecule has 0 atom stereocenters. The number of nitro benzene ring substituents is 1. The van der Waals surface area contributed by atoms with Gasteiger partial charge in [0.2, 0.25) is 0 Å². The predicted octanol–water partition coefficient (Wildman–Crippen LogP) is 4.58. The molecule has 0 fully saturated rings. The lowest BCUT2D eigenvalue weighted by molar-refractivity contribution is -0.385. The molecule has 1 heterocycles. The Morgan fingerprint density at radius 2 is 1.96 bits per heavy atom. The van der Waals surface area contributed by atoms with Crippen molar-refractivity contribution in [3.05, 3.63) is 74.5 Å². The summed E-state index contributed by atoms with van der Waals surface area (Å²) in [6, 6.07) is 11.7. The number of carbonyl (C=O) groups excluding carboxylic acids is 1. The number of nitrogens with zero attached hydrogens (tertiary/aromatic N) is 2. The molecule has 1 amide bonds. The summed E-state index contributed by atoms with van der Waals surface area (Å²) in [5, 5.41) is 12.3. The van der Waals surface area contributed by atoms with Crippen LogP contribution in [0.4, 0.5) is 5.69 Å². The first-order valence-corrected chi connectivity index (χ1v) is 7.93. The van der Waals surface area contributed by atoms with Gasteiger partial charge in [0.15, 0.2) is 11.3 Å². The minimum Gasteiger partial charge on any atom is -0.449 e. The van der Waals surface area contributed by atoms with Crippen molar-refractivity contribution >= 4 is 34.2 Å². The van der Waals surface area contributed by atoms with Crippen LogP contribution in [-0.4, -0.2) is 22.8 Å². The van der Waals surface area contributed by atoms with E-state index in [0.29, 0.717) is 21.7 Å². The molecule has 6 nitrogen and oxygen atoms in total. The van der Waals surface area contributed by atoms with Crippen LogP contribution in [0.25, 0.3) is 11.0 Å². The smallest absolute Gasteiger partial charge is 0.289 e. The molecule has 3 rings (SSSR count). The van der Waals surface area contributed by atoms with Crippen molar-refractivity contribution in [2.45, 2.75) is 13.5 Å². The van der Waals surface area contributed by atoms with E-state index in [9.17, 15) is 14.9 Å². The molecule has 0 saturated heterocycles. The van der Waals surface area contributed by atoms with Gasteiger partial charge >= 0.3 is 0 Å². The van der Waals surface area contributed by atoms with E-state index in [1.165, 1.54) is 11.0 Å². The number of amides is 1. The Balaban J connectivity index is 1.93. The topological polar surface area (TPSA) is 76.6 Å². The summed E-state index contributed by atoms with van der Waals surface area (Å²) in [4.78, 5) is 24.8. The summed E-state index contributed by atoms with van der Waals surface area (Å²) in [5.41, 5.74) is 1.59. The van der Waals surface area contributed by atoms with E-state index in [2.05, 4.69) is 0 Å². The Bertz CT molecular complexity index is 980. The number of furan rings is 1. The summed E-state index contributed by atoms with van der Waals surface area (Å²) in [6.45, 7) is 1.88. The van der Waals surface area contributed by atoms with Crippen molar-refractivity contribution in [2.75, 3.05) is 7.05 Å². The van der Waals surface area contributed by atoms with Crippen molar-refractivity contribution < 1.29 is 14.1 Å². The number of aryl methyl sites for hydroxylation is 1. The third kappa shape index (κ3) is 3.08. The number of nitro groups is 1. The number of fused-ring (bicyclic) bond motifs is 1. The maximum atomic E-state index is 12.8. The van der Waals surface area contributed by atoms with Crippen molar-refractivity contribution in [1.29, 1.82) is 0 Å². The van der Waals surface area contributed by atoms with E-state index in [4.69, 9.17) is 16.0 Å². The number of rotatable bonds is 4. The van der Waals surface area contributed by atoms with E-state index >= 15 is 0 Å². The van der Waals surface area contributed by atoms with Gasteiger partial charge in [0, 0.05) is 29.6 Å². The Morgan fingerprint density at radius 3 is 2.64 bits per heavy atom. The minimum absolute atomic E-state index is 0.0217. The Hall–Kier alpha value is -2.86. The fraction of sp³-hybridized carbons (Fsp3) is 0.167. The molecule has 0 bridgehead atoms. The fourth-order valence-electron chi connectivity index (χ4n) is 2.74. The van der Waals surface area contributed by atoms with Crippen molar-refractivity contribution in [3.8, 4) is 0 Å². The number of hydrogen-bond acceptors (Lipinski definition) is 4. The lowest BCUT2D eigenvalue weighted by atomic mass is 10.1. The maximum absolute atomic E-state index is 12.8. The second kappa shape index (κ2) is 6.57. The van der Waals surface area contributed by atoms with Gasteiger partial charge < -0.3 is 9.32 Å². The summed E-state index contributed by atoms with van der Waals surface area (Å²) in [7, 11) is 1.58. The van der Waals surface area contributed by atoms with Crippen LogP contribution in [0, 0.1) is 17.0 Å². The van der Waals surface area contributed by atoms with Crippen LogP contribution in [0.3, 0.4) is 0 Å². The highest BCUT2D eigenvalue weighted by atomic mass is 35.5. The third-order valence-electron chi connectivity index (χ3n) is 4.05. The van der Waals surface area contributed by atoms with Gasteiger partial charge in [-0.05, 0) is 13.0 Å². The average Bonchev–Trinajstić information content (AvgIpc) is 2.93. The number of hydrogen-bond donors (Lipinski definition) is 0. The van der Waals surface area contributed by atoms with Gasteiger partial charge in [0.25, 0.3) is 11.6 Å². The Labute approximate surface area is 148 Å². The highest BCUT2D eigenvalue weighted by Crippen LogP contribution is 2.31. The molecule has 0 unspecified atom stereocenters. The van der Waals surface area contributed by atoms with Crippen LogP contribution in [0.5, 0.6) is 0 Å². The molecule has 3 aromatic rings. The number of para-hydroxylation sites is 2. The normalized spacial score (nSPS) is 10.8. The molecular weight excluding hydrogens is 344 g/mol. The van der Waals surface area contributed by atoms with Gasteiger partial charge in [-0.2, -0.15) is 0 Å². The molecule has 0 saturated carbocycles. The van der Waals surface area contributed by atoms with Gasteiger partial charge in [-0.25, -0.2) is 0 Å². The summed E-state index contributed by atoms with van der Waals surface area (Å²) in [6.07, 6.45) is 0. The van der Waals surface area contributed by atoms with Gasteiger partial charge in [-0.1, -0.05) is 41.9 Å². The molecule has 1 aromatic heterocycles. The van der Waals surface area contributed by atoms with E-state index < -0.39 is 4.92 Å². The minimum atomic E-state index is -0.458. The molecule has 0 spiro atoms. The maximum Gasteiger partial charge on any atom is 0.289 e. The van der Waals surface area contributed by atoms with Crippen LogP contribution in [0.15, 0.2) is 46.9 Å². The van der Waals surface area contributed by atoms with Crippen LogP contribution in [-0.2, 0) is 6.54 Å². The highest BCUT2D eigenvalue weighted by Gasteiger charge is 2.24. The van der Waals surface area contributed by atoms with Crippen molar-refractivity contribution in [1.82, 2.24) is 4.90 Å². The molecule has 25 heavy (non-hydrogen) atoms. The summed E-state index contributed by atoms with van der Waals surface area (Å²) >= 11 is 6.12. The van der Waals surface area contributed by atoms with Crippen molar-refractivity contribution in [3.63, 3.8) is 0 Å². The van der Waals surface area contributed by atoms with Gasteiger partial charge in [0.05, 0.1) is 16.5 Å². The molecule has 0 radical (unpaired) electrons. The molecular formula is C18H15ClN2O4. The molecule has 0 aliphatic rings. The zero-order chi connectivity index (χ0) is 18.1. The molecule has 0 aliphatic carbocycles. The van der Waals surface area contributed by atoms with Crippen LogP contribution >= 0.6 is 11.6 Å². The number of halogens is 1. The SMILES string of the molecule is Cc1c(C(=O)N(C)Cc2ccccc2[N+](=O)[O-])oc2c(Cl)cccc12. The quantitative estimate of drug-likeness (QED) is 0.505. The van der Waals surface area contributed by atoms with Crippen molar-refractivity contribution in [2.24, 2.45) is 0 Å². The standard InChI is InChI=1S/C18H15ClN2O4/c1-11-13-7-5-8-14(19)17(13)25-16(11)18(22)20(2)10-12-6-3-4-9-15(12)21(23)24/h3-9H,10H2,1-2H3. The molecule has 0 N–H and O–H groups in total. The first-order chi connectivity index (χ1) is 11.9. The second-order valence-electron chi connectivity index (χ2n) is 5.72.